The van der Waals surface area contributed by atoms with Gasteiger partial charge in [-0.2, -0.15) is 0 Å². The Morgan fingerprint density at radius 2 is 1.74 bits per heavy atom. The molecule has 0 radical (unpaired) electrons. The van der Waals surface area contributed by atoms with Crippen LogP contribution >= 0.6 is 0 Å². The number of rotatable bonds is 17. The molecule has 1 heterocycles. The van der Waals surface area contributed by atoms with Crippen LogP contribution in [0.5, 0.6) is 11.5 Å². The highest BCUT2D eigenvalue weighted by molar-refractivity contribution is 5.86. The highest BCUT2D eigenvalue weighted by Crippen LogP contribution is 2.30. The minimum atomic E-state index is -1.20. The highest BCUT2D eigenvalue weighted by Gasteiger charge is 2.17. The van der Waals surface area contributed by atoms with Gasteiger partial charge in [0.05, 0.1) is 7.11 Å². The van der Waals surface area contributed by atoms with Gasteiger partial charge in [-0.15, -0.1) is 0 Å². The molecule has 0 bridgehead atoms. The lowest BCUT2D eigenvalue weighted by Gasteiger charge is -2.21. The molecule has 11 heteroatoms. The number of carbonyl (C=O) groups is 3. The van der Waals surface area contributed by atoms with Gasteiger partial charge in [-0.3, -0.25) is 14.4 Å². The van der Waals surface area contributed by atoms with E-state index >= 15 is 0 Å². The molecule has 11 nitrogen and oxygen atoms in total. The fourth-order valence-corrected chi connectivity index (χ4v) is 4.40. The van der Waals surface area contributed by atoms with Crippen molar-refractivity contribution in [2.45, 2.75) is 52.7 Å². The maximum Gasteiger partial charge on any atom is 0.336 e. The molecule has 0 fully saturated rings. The van der Waals surface area contributed by atoms with Crippen molar-refractivity contribution in [3.63, 3.8) is 0 Å². The number of hydrogen-bond donors (Lipinski definition) is 3. The molecule has 1 amide bonds. The van der Waals surface area contributed by atoms with Crippen LogP contribution in [0, 0.1) is 5.92 Å². The molecule has 0 spiro atoms. The van der Waals surface area contributed by atoms with Gasteiger partial charge in [0.1, 0.15) is 25.3 Å². The summed E-state index contributed by atoms with van der Waals surface area (Å²) in [6.07, 6.45) is 7.54. The van der Waals surface area contributed by atoms with Crippen LogP contribution in [-0.4, -0.2) is 48.3 Å². The van der Waals surface area contributed by atoms with Crippen LogP contribution in [0.4, 0.5) is 5.69 Å². The predicted octanol–water partition coefficient (Wildman–Crippen LogP) is 4.75. The molecule has 2 aromatic carbocycles. The zero-order valence-electron chi connectivity index (χ0n) is 24.6. The van der Waals surface area contributed by atoms with E-state index in [0.29, 0.717) is 41.3 Å². The number of nitrogens with one attached hydrogen (secondary N) is 1. The lowest BCUT2D eigenvalue weighted by atomic mass is 10.1. The van der Waals surface area contributed by atoms with Crippen LogP contribution in [0.1, 0.15) is 50.7 Å². The third-order valence-corrected chi connectivity index (χ3v) is 6.48. The van der Waals surface area contributed by atoms with E-state index in [0.717, 1.165) is 29.7 Å². The molecule has 1 aromatic heterocycles. The van der Waals surface area contributed by atoms with Crippen LogP contribution in [0.25, 0.3) is 11.0 Å². The first-order valence-corrected chi connectivity index (χ1v) is 14.0. The van der Waals surface area contributed by atoms with Gasteiger partial charge in [-0.25, -0.2) is 4.79 Å². The number of carbonyl (C=O) groups excluding carboxylic acids is 1. The zero-order chi connectivity index (χ0) is 31.4. The molecule has 3 N–H and O–H groups in total. The second kappa shape index (κ2) is 16.0. The number of anilines is 1. The number of fused-ring (bicyclic) bond motifs is 1. The highest BCUT2D eigenvalue weighted by atomic mass is 16.5. The van der Waals surface area contributed by atoms with E-state index in [-0.39, 0.29) is 23.8 Å². The van der Waals surface area contributed by atoms with Gasteiger partial charge in [0.15, 0.2) is 11.5 Å². The summed E-state index contributed by atoms with van der Waals surface area (Å²) in [5.74, 6) is -1.00. The van der Waals surface area contributed by atoms with Gasteiger partial charge in [0.2, 0.25) is 5.91 Å². The maximum atomic E-state index is 12.3. The van der Waals surface area contributed by atoms with E-state index in [1.165, 1.54) is 19.2 Å². The van der Waals surface area contributed by atoms with Crippen molar-refractivity contribution in [2.24, 2.45) is 5.92 Å². The minimum absolute atomic E-state index is 0.00574. The number of unbranched alkanes of at least 4 members (excludes halogenated alkanes) is 2. The van der Waals surface area contributed by atoms with Crippen molar-refractivity contribution in [1.82, 2.24) is 5.32 Å². The molecule has 0 saturated carbocycles. The Hall–Kier alpha value is -4.80. The number of nitrogens with zero attached hydrogens (tertiary/aromatic N) is 1. The second-order valence-corrected chi connectivity index (χ2v) is 10.4. The van der Waals surface area contributed by atoms with Gasteiger partial charge in [-0.05, 0) is 55.0 Å². The number of hydrogen-bond acceptors (Lipinski definition) is 8. The summed E-state index contributed by atoms with van der Waals surface area (Å²) in [7, 11) is 1.51. The SMILES string of the molecule is COc1cc(CNC(=O)CCCC/C=C/C(C)C)ccc1OCc1cc(=O)oc2cc(N(CC(=O)O)CC(=O)O)ccc12. The van der Waals surface area contributed by atoms with Crippen molar-refractivity contribution in [3.05, 3.63) is 76.2 Å². The zero-order valence-corrected chi connectivity index (χ0v) is 24.6. The molecule has 0 aliphatic carbocycles. The molecule has 0 saturated heterocycles. The molecule has 230 valence electrons. The average molecular weight is 595 g/mol. The number of methoxy groups -OCH3 is 1. The number of carboxylic acid groups (broad SMARTS) is 2. The summed E-state index contributed by atoms with van der Waals surface area (Å²) in [6, 6.07) is 11.2. The van der Waals surface area contributed by atoms with Gasteiger partial charge in [0.25, 0.3) is 0 Å². The van der Waals surface area contributed by atoms with Crippen LogP contribution < -0.4 is 25.3 Å². The third kappa shape index (κ3) is 10.5. The van der Waals surface area contributed by atoms with E-state index < -0.39 is 30.7 Å². The Morgan fingerprint density at radius 3 is 2.42 bits per heavy atom. The molecule has 0 aliphatic rings. The largest absolute Gasteiger partial charge is 0.493 e. The van der Waals surface area contributed by atoms with E-state index in [9.17, 15) is 19.2 Å². The predicted molar refractivity (Wildman–Crippen MR) is 162 cm³/mol. The first kappa shape index (κ1) is 32.7. The topological polar surface area (TPSA) is 156 Å². The van der Waals surface area contributed by atoms with Crippen molar-refractivity contribution in [3.8, 4) is 11.5 Å². The molecule has 3 rings (SSSR count). The lowest BCUT2D eigenvalue weighted by Crippen LogP contribution is -2.34. The number of ether oxygens (including phenoxy) is 2. The molecule has 3 aromatic rings. The fraction of sp³-hybridized carbons (Fsp3) is 0.375. The smallest absolute Gasteiger partial charge is 0.336 e. The average Bonchev–Trinajstić information content (AvgIpc) is 2.95. The molecule has 0 unspecified atom stereocenters. The van der Waals surface area contributed by atoms with Gasteiger partial charge in [-0.1, -0.05) is 32.1 Å². The van der Waals surface area contributed by atoms with Crippen molar-refractivity contribution < 1.29 is 38.5 Å². The third-order valence-electron chi connectivity index (χ3n) is 6.48. The van der Waals surface area contributed by atoms with Crippen molar-refractivity contribution in [2.75, 3.05) is 25.1 Å². The number of benzene rings is 2. The number of amides is 1. The summed E-state index contributed by atoms with van der Waals surface area (Å²) in [5.41, 5.74) is 1.15. The normalized spacial score (nSPS) is 11.2. The van der Waals surface area contributed by atoms with Crippen molar-refractivity contribution >= 4 is 34.5 Å². The van der Waals surface area contributed by atoms with E-state index in [4.69, 9.17) is 24.1 Å². The molecular weight excluding hydrogens is 556 g/mol. The Balaban J connectivity index is 1.65. The Bertz CT molecular complexity index is 1490. The summed E-state index contributed by atoms with van der Waals surface area (Å²) in [6.45, 7) is 3.52. The number of carboxylic acids is 2. The molecular formula is C32H38N2O9. The number of allylic oxidation sites excluding steroid dienone is 2. The maximum absolute atomic E-state index is 12.3. The van der Waals surface area contributed by atoms with Crippen LogP contribution in [0.2, 0.25) is 0 Å². The first-order valence-electron chi connectivity index (χ1n) is 14.0. The van der Waals surface area contributed by atoms with E-state index in [1.54, 1.807) is 24.3 Å². The monoisotopic (exact) mass is 594 g/mol. The van der Waals surface area contributed by atoms with Crippen LogP contribution in [-0.2, 0) is 27.5 Å². The lowest BCUT2D eigenvalue weighted by molar-refractivity contribution is -0.136. The fourth-order valence-electron chi connectivity index (χ4n) is 4.40. The second-order valence-electron chi connectivity index (χ2n) is 10.4. The minimum Gasteiger partial charge on any atom is -0.493 e. The molecule has 43 heavy (non-hydrogen) atoms. The van der Waals surface area contributed by atoms with Gasteiger partial charge < -0.3 is 34.3 Å². The van der Waals surface area contributed by atoms with Crippen molar-refractivity contribution in [1.29, 1.82) is 0 Å². The number of aliphatic carboxylic acids is 2. The summed E-state index contributed by atoms with van der Waals surface area (Å²) in [5, 5.41) is 21.8. The standard InChI is InChI=1S/C32H38N2O9/c1-21(2)8-6-4-5-7-9-29(35)33-17-22-10-13-26(28(14-22)41-3)42-20-23-15-32(40)43-27-16-24(11-12-25(23)27)34(18-30(36)37)19-31(38)39/h6,8,10-16,21H,4-5,7,9,17-20H2,1-3H3,(H,33,35)(H,36,37)(H,38,39)/b8-6+. The van der Waals surface area contributed by atoms with Gasteiger partial charge in [0, 0.05) is 41.7 Å². The Kier molecular flexibility index (Phi) is 12.2. The van der Waals surface area contributed by atoms with Crippen LogP contribution in [0.15, 0.2) is 63.8 Å². The van der Waals surface area contributed by atoms with E-state index in [1.807, 2.05) is 6.07 Å². The molecule has 0 aliphatic heterocycles. The Morgan fingerprint density at radius 1 is 1.00 bits per heavy atom. The summed E-state index contributed by atoms with van der Waals surface area (Å²) < 4.78 is 16.8. The quantitative estimate of drug-likeness (QED) is 0.113. The first-order chi connectivity index (χ1) is 20.5. The molecule has 0 atom stereocenters. The van der Waals surface area contributed by atoms with Crippen LogP contribution in [0.3, 0.4) is 0 Å². The van der Waals surface area contributed by atoms with Gasteiger partial charge >= 0.3 is 17.6 Å². The van der Waals surface area contributed by atoms with E-state index in [2.05, 4.69) is 31.3 Å². The Labute approximate surface area is 249 Å². The summed E-state index contributed by atoms with van der Waals surface area (Å²) >= 11 is 0. The summed E-state index contributed by atoms with van der Waals surface area (Å²) in [4.78, 5) is 48.1.